The fraction of sp³-hybridized carbons (Fsp3) is 0.538. The summed E-state index contributed by atoms with van der Waals surface area (Å²) in [6.07, 6.45) is 0.457. The Balaban J connectivity index is 1.84. The summed E-state index contributed by atoms with van der Waals surface area (Å²) in [5.41, 5.74) is 0.210. The maximum absolute atomic E-state index is 10.5. The molecule has 0 saturated carbocycles. The van der Waals surface area contributed by atoms with Gasteiger partial charge in [-0.05, 0) is 12.5 Å². The lowest BCUT2D eigenvalue weighted by Gasteiger charge is -2.26. The third kappa shape index (κ3) is 3.28. The first kappa shape index (κ1) is 13.9. The van der Waals surface area contributed by atoms with Gasteiger partial charge in [0.15, 0.2) is 0 Å². The van der Waals surface area contributed by atoms with Gasteiger partial charge in [0, 0.05) is 38.2 Å². The summed E-state index contributed by atoms with van der Waals surface area (Å²) in [4.78, 5) is 10.1. The van der Waals surface area contributed by atoms with Crippen LogP contribution in [-0.4, -0.2) is 34.9 Å². The Morgan fingerprint density at radius 2 is 2.21 bits per heavy atom. The topological polar surface area (TPSA) is 84.6 Å². The van der Waals surface area contributed by atoms with Gasteiger partial charge >= 0.3 is 0 Å². The molecule has 0 bridgehead atoms. The minimum absolute atomic E-state index is 0.0835. The monoisotopic (exact) mass is 266 g/mol. The second kappa shape index (κ2) is 5.64. The van der Waals surface area contributed by atoms with E-state index >= 15 is 0 Å². The van der Waals surface area contributed by atoms with Crippen molar-refractivity contribution < 1.29 is 14.8 Å². The zero-order valence-electron chi connectivity index (χ0n) is 10.8. The number of hydrogen-bond acceptors (Lipinski definition) is 5. The maximum atomic E-state index is 10.5. The molecular formula is C13H18N2O4. The number of aliphatic hydroxyl groups is 1. The molecule has 1 fully saturated rings. The normalized spacial score (nSPS) is 26.5. The van der Waals surface area contributed by atoms with Crippen LogP contribution in [-0.2, 0) is 11.3 Å². The van der Waals surface area contributed by atoms with E-state index in [2.05, 4.69) is 5.32 Å². The molecule has 0 aromatic heterocycles. The van der Waals surface area contributed by atoms with E-state index in [-0.39, 0.29) is 11.8 Å². The van der Waals surface area contributed by atoms with Gasteiger partial charge in [-0.25, -0.2) is 0 Å². The van der Waals surface area contributed by atoms with Crippen LogP contribution in [0.1, 0.15) is 18.9 Å². The number of nitrogens with zero attached hydrogens (tertiary/aromatic N) is 1. The summed E-state index contributed by atoms with van der Waals surface area (Å²) < 4.78 is 5.35. The standard InChI is InChI=1S/C13H18N2O4/c1-10-13(16,6-7-19-10)9-14-8-11-2-4-12(5-3-11)15(17)18/h2-5,10,14,16H,6-9H2,1H3. The fourth-order valence-corrected chi connectivity index (χ4v) is 2.16. The second-order valence-corrected chi connectivity index (χ2v) is 4.89. The van der Waals surface area contributed by atoms with Crippen LogP contribution in [0.4, 0.5) is 5.69 Å². The average molecular weight is 266 g/mol. The van der Waals surface area contributed by atoms with Crippen molar-refractivity contribution in [3.05, 3.63) is 39.9 Å². The Morgan fingerprint density at radius 3 is 2.74 bits per heavy atom. The highest BCUT2D eigenvalue weighted by molar-refractivity contribution is 5.32. The molecule has 1 aliphatic heterocycles. The molecule has 0 amide bonds. The molecule has 6 nitrogen and oxygen atoms in total. The fourth-order valence-electron chi connectivity index (χ4n) is 2.16. The molecule has 1 saturated heterocycles. The molecular weight excluding hydrogens is 248 g/mol. The van der Waals surface area contributed by atoms with Gasteiger partial charge in [0.25, 0.3) is 5.69 Å². The highest BCUT2D eigenvalue weighted by atomic mass is 16.6. The van der Waals surface area contributed by atoms with Crippen molar-refractivity contribution >= 4 is 5.69 Å². The number of nitro benzene ring substituents is 1. The molecule has 2 atom stereocenters. The lowest BCUT2D eigenvalue weighted by Crippen LogP contribution is -2.45. The van der Waals surface area contributed by atoms with Crippen molar-refractivity contribution in [1.82, 2.24) is 5.32 Å². The molecule has 0 aliphatic carbocycles. The number of non-ortho nitro benzene ring substituents is 1. The highest BCUT2D eigenvalue weighted by Gasteiger charge is 2.38. The molecule has 0 radical (unpaired) electrons. The molecule has 6 heteroatoms. The molecule has 1 aromatic rings. The van der Waals surface area contributed by atoms with E-state index in [1.165, 1.54) is 12.1 Å². The number of ether oxygens (including phenoxy) is 1. The number of nitrogens with one attached hydrogen (secondary N) is 1. The maximum Gasteiger partial charge on any atom is 0.269 e. The van der Waals surface area contributed by atoms with E-state index in [1.807, 2.05) is 6.92 Å². The summed E-state index contributed by atoms with van der Waals surface area (Å²) in [6, 6.07) is 6.38. The van der Waals surface area contributed by atoms with E-state index in [1.54, 1.807) is 12.1 Å². The second-order valence-electron chi connectivity index (χ2n) is 4.89. The molecule has 2 unspecified atom stereocenters. The zero-order valence-corrected chi connectivity index (χ0v) is 10.8. The average Bonchev–Trinajstić information content (AvgIpc) is 2.70. The van der Waals surface area contributed by atoms with E-state index in [0.717, 1.165) is 5.56 Å². The van der Waals surface area contributed by atoms with Crippen LogP contribution in [0.5, 0.6) is 0 Å². The van der Waals surface area contributed by atoms with Crippen molar-refractivity contribution in [2.24, 2.45) is 0 Å². The molecule has 2 rings (SSSR count). The Labute approximate surface area is 111 Å². The van der Waals surface area contributed by atoms with Gasteiger partial charge < -0.3 is 15.2 Å². The van der Waals surface area contributed by atoms with Gasteiger partial charge in [-0.1, -0.05) is 12.1 Å². The predicted octanol–water partition coefficient (Wildman–Crippen LogP) is 1.22. The summed E-state index contributed by atoms with van der Waals surface area (Å²) in [5.74, 6) is 0. The molecule has 19 heavy (non-hydrogen) atoms. The van der Waals surface area contributed by atoms with Gasteiger partial charge in [-0.3, -0.25) is 10.1 Å². The van der Waals surface area contributed by atoms with E-state index in [9.17, 15) is 15.2 Å². The van der Waals surface area contributed by atoms with E-state index in [4.69, 9.17) is 4.74 Å². The van der Waals surface area contributed by atoms with Crippen molar-refractivity contribution in [2.45, 2.75) is 31.6 Å². The smallest absolute Gasteiger partial charge is 0.269 e. The number of rotatable bonds is 5. The molecule has 1 aromatic carbocycles. The van der Waals surface area contributed by atoms with Crippen LogP contribution in [0, 0.1) is 10.1 Å². The van der Waals surface area contributed by atoms with E-state index in [0.29, 0.717) is 26.1 Å². The van der Waals surface area contributed by atoms with Crippen LogP contribution >= 0.6 is 0 Å². The Morgan fingerprint density at radius 1 is 1.53 bits per heavy atom. The number of hydrogen-bond donors (Lipinski definition) is 2. The van der Waals surface area contributed by atoms with Crippen molar-refractivity contribution in [1.29, 1.82) is 0 Å². The number of benzene rings is 1. The lowest BCUT2D eigenvalue weighted by atomic mass is 9.96. The number of nitro groups is 1. The molecule has 2 N–H and O–H groups in total. The molecule has 1 heterocycles. The molecule has 1 aliphatic rings. The van der Waals surface area contributed by atoms with Crippen molar-refractivity contribution in [3.63, 3.8) is 0 Å². The van der Waals surface area contributed by atoms with Crippen LogP contribution in [0.15, 0.2) is 24.3 Å². The van der Waals surface area contributed by atoms with Crippen LogP contribution in [0.2, 0.25) is 0 Å². The quantitative estimate of drug-likeness (QED) is 0.618. The van der Waals surface area contributed by atoms with Crippen LogP contribution in [0.25, 0.3) is 0 Å². The molecule has 0 spiro atoms. The molecule has 104 valence electrons. The van der Waals surface area contributed by atoms with Crippen LogP contribution < -0.4 is 5.32 Å². The Kier molecular flexibility index (Phi) is 4.14. The third-order valence-corrected chi connectivity index (χ3v) is 3.57. The lowest BCUT2D eigenvalue weighted by molar-refractivity contribution is -0.384. The summed E-state index contributed by atoms with van der Waals surface area (Å²) >= 11 is 0. The van der Waals surface area contributed by atoms with Gasteiger partial charge in [-0.15, -0.1) is 0 Å². The Hall–Kier alpha value is -1.50. The SMILES string of the molecule is CC1OCCC1(O)CNCc1ccc([N+](=O)[O-])cc1. The summed E-state index contributed by atoms with van der Waals surface area (Å²) in [5, 5.41) is 24.0. The van der Waals surface area contributed by atoms with Crippen LogP contribution in [0.3, 0.4) is 0 Å². The van der Waals surface area contributed by atoms with E-state index < -0.39 is 10.5 Å². The zero-order chi connectivity index (χ0) is 13.9. The van der Waals surface area contributed by atoms with Gasteiger partial charge in [0.1, 0.15) is 5.60 Å². The van der Waals surface area contributed by atoms with Gasteiger partial charge in [-0.2, -0.15) is 0 Å². The largest absolute Gasteiger partial charge is 0.386 e. The van der Waals surface area contributed by atoms with Crippen molar-refractivity contribution in [3.8, 4) is 0 Å². The summed E-state index contributed by atoms with van der Waals surface area (Å²) in [7, 11) is 0. The minimum Gasteiger partial charge on any atom is -0.386 e. The first-order valence-corrected chi connectivity index (χ1v) is 6.29. The first-order valence-electron chi connectivity index (χ1n) is 6.29. The predicted molar refractivity (Wildman–Crippen MR) is 69.8 cm³/mol. The van der Waals surface area contributed by atoms with Crippen molar-refractivity contribution in [2.75, 3.05) is 13.2 Å². The summed E-state index contributed by atoms with van der Waals surface area (Å²) in [6.45, 7) is 3.45. The van der Waals surface area contributed by atoms with Gasteiger partial charge in [0.05, 0.1) is 11.0 Å². The Bertz CT molecular complexity index is 448. The third-order valence-electron chi connectivity index (χ3n) is 3.57. The first-order chi connectivity index (χ1) is 9.01. The van der Waals surface area contributed by atoms with Gasteiger partial charge in [0.2, 0.25) is 0 Å². The minimum atomic E-state index is -0.819. The highest BCUT2D eigenvalue weighted by Crippen LogP contribution is 2.24.